The summed E-state index contributed by atoms with van der Waals surface area (Å²) in [5, 5.41) is 0. The third kappa shape index (κ3) is 1.94. The first-order valence-electron chi connectivity index (χ1n) is 4.33. The fourth-order valence-corrected chi connectivity index (χ4v) is 1.23. The van der Waals surface area contributed by atoms with E-state index in [9.17, 15) is 4.79 Å². The molecule has 1 aromatic rings. The highest BCUT2D eigenvalue weighted by Crippen LogP contribution is 2.16. The Labute approximate surface area is 73.4 Å². The number of hydrogen-bond donors (Lipinski definition) is 0. The van der Waals surface area contributed by atoms with Crippen molar-refractivity contribution in [1.29, 1.82) is 0 Å². The zero-order valence-corrected chi connectivity index (χ0v) is 7.58. The van der Waals surface area contributed by atoms with Gasteiger partial charge in [0.1, 0.15) is 5.78 Å². The summed E-state index contributed by atoms with van der Waals surface area (Å²) in [5.74, 6) is 0.359. The maximum atomic E-state index is 11.3. The van der Waals surface area contributed by atoms with Crippen LogP contribution in [0.2, 0.25) is 0 Å². The van der Waals surface area contributed by atoms with Crippen LogP contribution in [-0.2, 0) is 4.79 Å². The first-order chi connectivity index (χ1) is 5.75. The van der Waals surface area contributed by atoms with Crippen molar-refractivity contribution in [1.82, 2.24) is 0 Å². The smallest absolute Gasteiger partial charge is 0.139 e. The van der Waals surface area contributed by atoms with Crippen molar-refractivity contribution >= 4 is 5.78 Å². The quantitative estimate of drug-likeness (QED) is 0.668. The Morgan fingerprint density at radius 2 is 1.92 bits per heavy atom. The van der Waals surface area contributed by atoms with Gasteiger partial charge in [-0.3, -0.25) is 4.79 Å². The van der Waals surface area contributed by atoms with Gasteiger partial charge in [-0.25, -0.2) is 0 Å². The molecule has 0 N–H and O–H groups in total. The zero-order valence-electron chi connectivity index (χ0n) is 7.58. The molecule has 0 unspecified atom stereocenters. The minimum atomic E-state index is 0.0520. The van der Waals surface area contributed by atoms with Gasteiger partial charge in [-0.05, 0) is 5.56 Å². The second kappa shape index (κ2) is 4.05. The van der Waals surface area contributed by atoms with E-state index in [4.69, 9.17) is 0 Å². The second-order valence-electron chi connectivity index (χ2n) is 2.95. The SMILES string of the molecule is CCC(=O)[C@H](C)c1ccccc1. The predicted octanol–water partition coefficient (Wildman–Crippen LogP) is 2.77. The Morgan fingerprint density at radius 3 is 2.42 bits per heavy atom. The van der Waals surface area contributed by atoms with Crippen molar-refractivity contribution in [3.05, 3.63) is 35.9 Å². The highest BCUT2D eigenvalue weighted by atomic mass is 16.1. The number of Topliss-reactive ketones (excluding diaryl/α,β-unsaturated/α-hetero) is 1. The molecule has 1 atom stereocenters. The van der Waals surface area contributed by atoms with Crippen LogP contribution in [0.25, 0.3) is 0 Å². The van der Waals surface area contributed by atoms with Crippen LogP contribution < -0.4 is 0 Å². The van der Waals surface area contributed by atoms with Gasteiger partial charge in [0, 0.05) is 12.3 Å². The lowest BCUT2D eigenvalue weighted by molar-refractivity contribution is -0.119. The highest BCUT2D eigenvalue weighted by molar-refractivity contribution is 5.84. The van der Waals surface area contributed by atoms with Crippen LogP contribution in [0.3, 0.4) is 0 Å². The molecule has 1 nitrogen and oxygen atoms in total. The van der Waals surface area contributed by atoms with E-state index in [0.717, 1.165) is 5.56 Å². The summed E-state index contributed by atoms with van der Waals surface area (Å²) in [5.41, 5.74) is 1.12. The van der Waals surface area contributed by atoms with Gasteiger partial charge in [0.2, 0.25) is 0 Å². The molecule has 0 spiro atoms. The molecule has 1 rings (SSSR count). The van der Waals surface area contributed by atoms with Crippen molar-refractivity contribution in [2.24, 2.45) is 0 Å². The summed E-state index contributed by atoms with van der Waals surface area (Å²) in [6.07, 6.45) is 0.621. The van der Waals surface area contributed by atoms with Crippen LogP contribution in [0.15, 0.2) is 30.3 Å². The molecule has 0 aliphatic rings. The molecule has 0 heterocycles. The number of ketones is 1. The molecule has 0 aromatic heterocycles. The summed E-state index contributed by atoms with van der Waals surface area (Å²) >= 11 is 0. The van der Waals surface area contributed by atoms with Crippen LogP contribution in [0.4, 0.5) is 0 Å². The van der Waals surface area contributed by atoms with Crippen molar-refractivity contribution in [2.45, 2.75) is 26.2 Å². The normalized spacial score (nSPS) is 12.5. The van der Waals surface area contributed by atoms with Crippen LogP contribution in [0, 0.1) is 0 Å². The van der Waals surface area contributed by atoms with Crippen molar-refractivity contribution in [3.63, 3.8) is 0 Å². The third-order valence-electron chi connectivity index (χ3n) is 2.13. The van der Waals surface area contributed by atoms with Crippen molar-refractivity contribution in [3.8, 4) is 0 Å². The summed E-state index contributed by atoms with van der Waals surface area (Å²) in [6.45, 7) is 3.86. The molecule has 64 valence electrons. The van der Waals surface area contributed by atoms with Gasteiger partial charge in [0.15, 0.2) is 0 Å². The summed E-state index contributed by atoms with van der Waals surface area (Å²) in [6, 6.07) is 9.90. The maximum Gasteiger partial charge on any atom is 0.139 e. The Balaban J connectivity index is 2.78. The maximum absolute atomic E-state index is 11.3. The van der Waals surface area contributed by atoms with E-state index in [-0.39, 0.29) is 5.92 Å². The van der Waals surface area contributed by atoms with Gasteiger partial charge < -0.3 is 0 Å². The van der Waals surface area contributed by atoms with E-state index in [1.807, 2.05) is 44.2 Å². The summed E-state index contributed by atoms with van der Waals surface area (Å²) < 4.78 is 0. The lowest BCUT2D eigenvalue weighted by Gasteiger charge is -2.08. The average molecular weight is 162 g/mol. The summed E-state index contributed by atoms with van der Waals surface area (Å²) in [7, 11) is 0. The molecule has 0 amide bonds. The van der Waals surface area contributed by atoms with Crippen LogP contribution in [0.5, 0.6) is 0 Å². The molecule has 0 bridgehead atoms. The molecule has 12 heavy (non-hydrogen) atoms. The third-order valence-corrected chi connectivity index (χ3v) is 2.13. The Hall–Kier alpha value is -1.11. The zero-order chi connectivity index (χ0) is 8.97. The Kier molecular flexibility index (Phi) is 3.03. The number of rotatable bonds is 3. The topological polar surface area (TPSA) is 17.1 Å². The van der Waals surface area contributed by atoms with Gasteiger partial charge >= 0.3 is 0 Å². The number of benzene rings is 1. The van der Waals surface area contributed by atoms with Gasteiger partial charge in [-0.15, -0.1) is 0 Å². The van der Waals surface area contributed by atoms with E-state index in [2.05, 4.69) is 0 Å². The number of carbonyl (C=O) groups is 1. The van der Waals surface area contributed by atoms with Crippen LogP contribution in [0.1, 0.15) is 31.7 Å². The minimum absolute atomic E-state index is 0.0520. The lowest BCUT2D eigenvalue weighted by atomic mass is 9.96. The van der Waals surface area contributed by atoms with E-state index in [0.29, 0.717) is 12.2 Å². The molecule has 0 radical (unpaired) electrons. The predicted molar refractivity (Wildman–Crippen MR) is 50.2 cm³/mol. The first kappa shape index (κ1) is 8.98. The van der Waals surface area contributed by atoms with E-state index < -0.39 is 0 Å². The lowest BCUT2D eigenvalue weighted by Crippen LogP contribution is -2.06. The monoisotopic (exact) mass is 162 g/mol. The fraction of sp³-hybridized carbons (Fsp3) is 0.364. The molecular weight excluding hydrogens is 148 g/mol. The van der Waals surface area contributed by atoms with Gasteiger partial charge in [-0.1, -0.05) is 44.2 Å². The Bertz CT molecular complexity index is 251. The van der Waals surface area contributed by atoms with Gasteiger partial charge in [-0.2, -0.15) is 0 Å². The fourth-order valence-electron chi connectivity index (χ4n) is 1.23. The van der Waals surface area contributed by atoms with E-state index >= 15 is 0 Å². The molecule has 0 aliphatic heterocycles. The number of hydrogen-bond acceptors (Lipinski definition) is 1. The van der Waals surface area contributed by atoms with Gasteiger partial charge in [0.05, 0.1) is 0 Å². The largest absolute Gasteiger partial charge is 0.299 e. The van der Waals surface area contributed by atoms with Crippen molar-refractivity contribution in [2.75, 3.05) is 0 Å². The highest BCUT2D eigenvalue weighted by Gasteiger charge is 2.11. The van der Waals surface area contributed by atoms with Crippen LogP contribution in [-0.4, -0.2) is 5.78 Å². The van der Waals surface area contributed by atoms with E-state index in [1.165, 1.54) is 0 Å². The molecule has 0 saturated carbocycles. The second-order valence-corrected chi connectivity index (χ2v) is 2.95. The average Bonchev–Trinajstić information content (AvgIpc) is 2.17. The minimum Gasteiger partial charge on any atom is -0.299 e. The Morgan fingerprint density at radius 1 is 1.33 bits per heavy atom. The molecule has 0 fully saturated rings. The van der Waals surface area contributed by atoms with Crippen LogP contribution >= 0.6 is 0 Å². The molecular formula is C11H14O. The molecule has 0 saturated heterocycles. The molecule has 0 aliphatic carbocycles. The first-order valence-corrected chi connectivity index (χ1v) is 4.33. The standard InChI is InChI=1S/C11H14O/c1-3-11(12)9(2)10-7-5-4-6-8-10/h4-9H,3H2,1-2H3/t9-/m1/s1. The van der Waals surface area contributed by atoms with Gasteiger partial charge in [0.25, 0.3) is 0 Å². The molecule has 1 aromatic carbocycles. The van der Waals surface area contributed by atoms with Crippen molar-refractivity contribution < 1.29 is 4.79 Å². The summed E-state index contributed by atoms with van der Waals surface area (Å²) in [4.78, 5) is 11.3. The molecule has 1 heteroatoms. The van der Waals surface area contributed by atoms with E-state index in [1.54, 1.807) is 0 Å². The number of carbonyl (C=O) groups excluding carboxylic acids is 1.